The van der Waals surface area contributed by atoms with Crippen LogP contribution >= 0.6 is 24.0 Å². The predicted octanol–water partition coefficient (Wildman–Crippen LogP) is 3.96. The van der Waals surface area contributed by atoms with Gasteiger partial charge in [-0.3, -0.25) is 0 Å². The number of benzene rings is 1. The molecule has 3 nitrogen and oxygen atoms in total. The molecular formula is C14H18Cl2N2O. The maximum absolute atomic E-state index is 5.78. The minimum absolute atomic E-state index is 0. The molecule has 0 N–H and O–H groups in total. The summed E-state index contributed by atoms with van der Waals surface area (Å²) in [7, 11) is 1.95. The second kappa shape index (κ2) is 8.20. The maximum Gasteiger partial charge on any atom is 0.0951 e. The van der Waals surface area contributed by atoms with E-state index in [1.165, 1.54) is 12.8 Å². The maximum atomic E-state index is 5.78. The van der Waals surface area contributed by atoms with Gasteiger partial charge in [0, 0.05) is 37.0 Å². The summed E-state index contributed by atoms with van der Waals surface area (Å²) < 4.78 is 6.87. The summed E-state index contributed by atoms with van der Waals surface area (Å²) in [4.78, 5) is 4.24. The largest absolute Gasteiger partial charge is 0.381 e. The molecule has 1 aliphatic heterocycles. The molecule has 0 aliphatic carbocycles. The van der Waals surface area contributed by atoms with E-state index in [1.807, 2.05) is 42.1 Å². The van der Waals surface area contributed by atoms with Gasteiger partial charge in [-0.2, -0.15) is 0 Å². The Balaban J connectivity index is 0.000000256. The molecule has 1 aromatic heterocycles. The lowest BCUT2D eigenvalue weighted by molar-refractivity contribution is 0.198. The van der Waals surface area contributed by atoms with Crippen molar-refractivity contribution in [2.24, 2.45) is 7.05 Å². The van der Waals surface area contributed by atoms with E-state index in [9.17, 15) is 0 Å². The number of halogens is 2. The van der Waals surface area contributed by atoms with E-state index in [-0.39, 0.29) is 12.4 Å². The molecule has 0 saturated carbocycles. The van der Waals surface area contributed by atoms with E-state index in [1.54, 1.807) is 6.33 Å². The van der Waals surface area contributed by atoms with Crippen molar-refractivity contribution in [2.75, 3.05) is 13.2 Å². The highest BCUT2D eigenvalue weighted by Crippen LogP contribution is 2.18. The van der Waals surface area contributed by atoms with Crippen molar-refractivity contribution in [1.82, 2.24) is 9.55 Å². The molecule has 1 aliphatic rings. The van der Waals surface area contributed by atoms with E-state index in [0.29, 0.717) is 0 Å². The van der Waals surface area contributed by atoms with Gasteiger partial charge in [0.15, 0.2) is 0 Å². The first kappa shape index (κ1) is 16.0. The number of hydrogen-bond donors (Lipinski definition) is 0. The smallest absolute Gasteiger partial charge is 0.0951 e. The minimum atomic E-state index is 0. The van der Waals surface area contributed by atoms with Gasteiger partial charge in [0.2, 0.25) is 0 Å². The average Bonchev–Trinajstić information content (AvgIpc) is 3.04. The topological polar surface area (TPSA) is 27.1 Å². The summed E-state index contributed by atoms with van der Waals surface area (Å²) in [6, 6.07) is 7.66. The number of rotatable bonds is 1. The summed E-state index contributed by atoms with van der Waals surface area (Å²) >= 11 is 5.78. The molecule has 19 heavy (non-hydrogen) atoms. The quantitative estimate of drug-likeness (QED) is 0.797. The van der Waals surface area contributed by atoms with Crippen molar-refractivity contribution in [3.63, 3.8) is 0 Å². The number of aromatic nitrogens is 2. The van der Waals surface area contributed by atoms with E-state index >= 15 is 0 Å². The van der Waals surface area contributed by atoms with Gasteiger partial charge in [-0.1, -0.05) is 23.7 Å². The van der Waals surface area contributed by atoms with Gasteiger partial charge >= 0.3 is 0 Å². The van der Waals surface area contributed by atoms with Crippen LogP contribution in [0.4, 0.5) is 0 Å². The van der Waals surface area contributed by atoms with Gasteiger partial charge in [0.25, 0.3) is 0 Å². The number of hydrogen-bond acceptors (Lipinski definition) is 2. The van der Waals surface area contributed by atoms with Crippen LogP contribution in [0.1, 0.15) is 12.8 Å². The Morgan fingerprint density at radius 2 is 1.79 bits per heavy atom. The van der Waals surface area contributed by atoms with Gasteiger partial charge < -0.3 is 9.30 Å². The standard InChI is InChI=1S/C10H9ClN2.C4H8O.ClH/c1-13-6-10(12-7-13)8-2-4-9(11)5-3-8;1-2-4-5-3-1;/h2-7H,1H3;1-4H2;1H. The van der Waals surface area contributed by atoms with Crippen LogP contribution in [-0.2, 0) is 11.8 Å². The van der Waals surface area contributed by atoms with Crippen molar-refractivity contribution in [3.8, 4) is 11.3 Å². The Bertz CT molecular complexity index is 471. The Morgan fingerprint density at radius 3 is 2.21 bits per heavy atom. The van der Waals surface area contributed by atoms with Crippen molar-refractivity contribution in [1.29, 1.82) is 0 Å². The van der Waals surface area contributed by atoms with Crippen LogP contribution in [0, 0.1) is 0 Å². The van der Waals surface area contributed by atoms with Crippen molar-refractivity contribution in [2.45, 2.75) is 12.8 Å². The summed E-state index contributed by atoms with van der Waals surface area (Å²) in [6.45, 7) is 2.00. The van der Waals surface area contributed by atoms with Crippen LogP contribution in [0.5, 0.6) is 0 Å². The molecule has 104 valence electrons. The molecule has 0 unspecified atom stereocenters. The molecule has 2 aromatic rings. The van der Waals surface area contributed by atoms with Crippen molar-refractivity contribution in [3.05, 3.63) is 41.8 Å². The summed E-state index contributed by atoms with van der Waals surface area (Å²) in [5.74, 6) is 0. The molecule has 0 amide bonds. The molecule has 0 spiro atoms. The lowest BCUT2D eigenvalue weighted by atomic mass is 10.2. The molecule has 3 rings (SSSR count). The third-order valence-electron chi connectivity index (χ3n) is 2.67. The Kier molecular flexibility index (Phi) is 6.92. The first-order valence-corrected chi connectivity index (χ1v) is 6.45. The van der Waals surface area contributed by atoms with Crippen molar-refractivity contribution >= 4 is 24.0 Å². The molecule has 0 radical (unpaired) electrons. The molecule has 5 heteroatoms. The Hall–Kier alpha value is -1.03. The molecule has 1 fully saturated rings. The zero-order valence-electron chi connectivity index (χ0n) is 10.9. The van der Waals surface area contributed by atoms with Crippen LogP contribution in [0.3, 0.4) is 0 Å². The first-order valence-electron chi connectivity index (χ1n) is 6.07. The molecule has 2 heterocycles. The summed E-state index contributed by atoms with van der Waals surface area (Å²) in [5, 5.41) is 0.750. The highest BCUT2D eigenvalue weighted by Gasteiger charge is 1.99. The number of nitrogens with zero attached hydrogens (tertiary/aromatic N) is 2. The predicted molar refractivity (Wildman–Crippen MR) is 81.0 cm³/mol. The fourth-order valence-corrected chi connectivity index (χ4v) is 1.82. The monoisotopic (exact) mass is 300 g/mol. The third-order valence-corrected chi connectivity index (χ3v) is 2.92. The second-order valence-electron chi connectivity index (χ2n) is 4.25. The fourth-order valence-electron chi connectivity index (χ4n) is 1.69. The zero-order chi connectivity index (χ0) is 12.8. The van der Waals surface area contributed by atoms with E-state index in [0.717, 1.165) is 29.5 Å². The normalized spacial score (nSPS) is 13.4. The van der Waals surface area contributed by atoms with Gasteiger partial charge in [-0.05, 0) is 25.0 Å². The van der Waals surface area contributed by atoms with Crippen LogP contribution in [0.2, 0.25) is 5.02 Å². The molecule has 0 atom stereocenters. The van der Waals surface area contributed by atoms with Gasteiger partial charge in [-0.15, -0.1) is 12.4 Å². The van der Waals surface area contributed by atoms with Crippen molar-refractivity contribution < 1.29 is 4.74 Å². The molecule has 1 saturated heterocycles. The molecule has 0 bridgehead atoms. The van der Waals surface area contributed by atoms with Crippen LogP contribution in [0.15, 0.2) is 36.8 Å². The third kappa shape index (κ3) is 5.23. The lowest BCUT2D eigenvalue weighted by Crippen LogP contribution is -1.78. The minimum Gasteiger partial charge on any atom is -0.381 e. The number of ether oxygens (including phenoxy) is 1. The van der Waals surface area contributed by atoms with Crippen LogP contribution in [0.25, 0.3) is 11.3 Å². The number of imidazole rings is 1. The zero-order valence-corrected chi connectivity index (χ0v) is 12.5. The Labute approximate surface area is 125 Å². The molecular weight excluding hydrogens is 283 g/mol. The number of aryl methyl sites for hydroxylation is 1. The van der Waals surface area contributed by atoms with Crippen LogP contribution < -0.4 is 0 Å². The SMILES string of the molecule is C1CCOC1.Cl.Cn1cnc(-c2ccc(Cl)cc2)c1. The van der Waals surface area contributed by atoms with E-state index in [4.69, 9.17) is 16.3 Å². The summed E-state index contributed by atoms with van der Waals surface area (Å²) in [5.41, 5.74) is 2.06. The van der Waals surface area contributed by atoms with Crippen LogP contribution in [-0.4, -0.2) is 22.8 Å². The second-order valence-corrected chi connectivity index (χ2v) is 4.69. The van der Waals surface area contributed by atoms with Gasteiger partial charge in [-0.25, -0.2) is 4.98 Å². The van der Waals surface area contributed by atoms with Gasteiger partial charge in [0.05, 0.1) is 12.0 Å². The fraction of sp³-hybridized carbons (Fsp3) is 0.357. The highest BCUT2D eigenvalue weighted by molar-refractivity contribution is 6.30. The Morgan fingerprint density at radius 1 is 1.16 bits per heavy atom. The first-order chi connectivity index (χ1) is 8.75. The summed E-state index contributed by atoms with van der Waals surface area (Å²) in [6.07, 6.45) is 6.31. The van der Waals surface area contributed by atoms with E-state index in [2.05, 4.69) is 4.98 Å². The average molecular weight is 301 g/mol. The van der Waals surface area contributed by atoms with Gasteiger partial charge in [0.1, 0.15) is 0 Å². The van der Waals surface area contributed by atoms with E-state index < -0.39 is 0 Å². The highest BCUT2D eigenvalue weighted by atomic mass is 35.5. The lowest BCUT2D eigenvalue weighted by Gasteiger charge is -1.95. The molecule has 1 aromatic carbocycles.